The molecule has 0 aromatic carbocycles. The Hall–Kier alpha value is -0.420. The van der Waals surface area contributed by atoms with Gasteiger partial charge in [0, 0.05) is 6.54 Å². The van der Waals surface area contributed by atoms with Crippen molar-refractivity contribution < 1.29 is 0 Å². The van der Waals surface area contributed by atoms with Gasteiger partial charge >= 0.3 is 0 Å². The van der Waals surface area contributed by atoms with Gasteiger partial charge in [-0.15, -0.1) is 0 Å². The van der Waals surface area contributed by atoms with E-state index in [1.165, 1.54) is 5.57 Å². The van der Waals surface area contributed by atoms with Crippen LogP contribution in [-0.4, -0.2) is 18.1 Å². The van der Waals surface area contributed by atoms with E-state index in [4.69, 9.17) is 0 Å². The lowest BCUT2D eigenvalue weighted by Crippen LogP contribution is -2.20. The molecule has 68 valence electrons. The molecular weight excluding hydrogens is 275 g/mol. The molecule has 1 aromatic rings. The van der Waals surface area contributed by atoms with Crippen LogP contribution in [0.15, 0.2) is 24.3 Å². The lowest BCUT2D eigenvalue weighted by Gasteiger charge is -2.13. The first-order valence-electron chi connectivity index (χ1n) is 4.39. The highest BCUT2D eigenvalue weighted by molar-refractivity contribution is 14.1. The molecule has 0 amide bonds. The maximum Gasteiger partial charge on any atom is 0.102 e. The van der Waals surface area contributed by atoms with Crippen LogP contribution in [-0.2, 0) is 0 Å². The van der Waals surface area contributed by atoms with E-state index in [2.05, 4.69) is 51.1 Å². The molecule has 2 rings (SSSR count). The molecule has 0 spiro atoms. The van der Waals surface area contributed by atoms with Crippen LogP contribution < -0.4 is 5.32 Å². The van der Waals surface area contributed by atoms with Crippen molar-refractivity contribution in [2.45, 2.75) is 6.42 Å². The molecule has 0 radical (unpaired) electrons. The first-order valence-corrected chi connectivity index (χ1v) is 5.47. The van der Waals surface area contributed by atoms with Crippen molar-refractivity contribution in [2.24, 2.45) is 0 Å². The van der Waals surface area contributed by atoms with Crippen LogP contribution in [0.25, 0.3) is 5.57 Å². The van der Waals surface area contributed by atoms with E-state index in [1.807, 2.05) is 6.07 Å². The second-order valence-corrected chi connectivity index (χ2v) is 4.13. The number of hydrogen-bond donors (Lipinski definition) is 1. The van der Waals surface area contributed by atoms with E-state index in [-0.39, 0.29) is 0 Å². The maximum atomic E-state index is 4.49. The topological polar surface area (TPSA) is 24.9 Å². The molecule has 0 bridgehead atoms. The van der Waals surface area contributed by atoms with Crippen LogP contribution in [0.2, 0.25) is 0 Å². The van der Waals surface area contributed by atoms with Crippen LogP contribution in [0.5, 0.6) is 0 Å². The van der Waals surface area contributed by atoms with Crippen LogP contribution in [0.4, 0.5) is 0 Å². The zero-order valence-corrected chi connectivity index (χ0v) is 9.41. The first-order chi connectivity index (χ1) is 6.36. The molecule has 0 fully saturated rings. The number of rotatable bonds is 1. The van der Waals surface area contributed by atoms with Crippen LogP contribution in [0.3, 0.4) is 0 Å². The van der Waals surface area contributed by atoms with Crippen molar-refractivity contribution in [3.8, 4) is 0 Å². The fraction of sp³-hybridized carbons (Fsp3) is 0.300. The summed E-state index contributed by atoms with van der Waals surface area (Å²) in [5.41, 5.74) is 2.51. The van der Waals surface area contributed by atoms with Crippen LogP contribution in [0.1, 0.15) is 12.1 Å². The Bertz CT molecular complexity index is 333. The Kier molecular flexibility index (Phi) is 2.95. The largest absolute Gasteiger partial charge is 0.313 e. The van der Waals surface area contributed by atoms with Gasteiger partial charge in [0.05, 0.1) is 5.69 Å². The molecule has 13 heavy (non-hydrogen) atoms. The summed E-state index contributed by atoms with van der Waals surface area (Å²) >= 11 is 2.25. The number of nitrogens with zero attached hydrogens (tertiary/aromatic N) is 1. The molecule has 0 atom stereocenters. The molecule has 0 saturated carbocycles. The van der Waals surface area contributed by atoms with Gasteiger partial charge in [0.25, 0.3) is 0 Å². The molecule has 1 aliphatic rings. The Labute approximate surface area is 91.6 Å². The van der Waals surface area contributed by atoms with Gasteiger partial charge in [-0.1, -0.05) is 12.1 Å². The highest BCUT2D eigenvalue weighted by Gasteiger charge is 2.06. The number of nitrogens with one attached hydrogen (secondary N) is 1. The predicted molar refractivity (Wildman–Crippen MR) is 62.4 cm³/mol. The Balaban J connectivity index is 2.29. The zero-order chi connectivity index (χ0) is 9.10. The summed E-state index contributed by atoms with van der Waals surface area (Å²) in [5.74, 6) is 0. The average molecular weight is 286 g/mol. The number of pyridine rings is 1. The Morgan fingerprint density at radius 1 is 1.38 bits per heavy atom. The molecule has 1 aliphatic heterocycles. The van der Waals surface area contributed by atoms with E-state index in [1.54, 1.807) is 0 Å². The van der Waals surface area contributed by atoms with E-state index in [0.29, 0.717) is 0 Å². The molecule has 0 aliphatic carbocycles. The minimum atomic E-state index is 0.975. The standard InChI is InChI=1S/C10H11IN2/c11-10-3-1-2-9(13-10)8-4-6-12-7-5-8/h1-4,12H,5-7H2. The molecule has 1 aromatic heterocycles. The van der Waals surface area contributed by atoms with Gasteiger partial charge < -0.3 is 5.32 Å². The van der Waals surface area contributed by atoms with Crippen molar-refractivity contribution in [3.05, 3.63) is 33.7 Å². The minimum absolute atomic E-state index is 0.975. The molecule has 2 nitrogen and oxygen atoms in total. The van der Waals surface area contributed by atoms with Gasteiger partial charge in [-0.3, -0.25) is 0 Å². The minimum Gasteiger partial charge on any atom is -0.313 e. The van der Waals surface area contributed by atoms with Crippen molar-refractivity contribution in [1.29, 1.82) is 0 Å². The monoisotopic (exact) mass is 286 g/mol. The fourth-order valence-corrected chi connectivity index (χ4v) is 1.91. The van der Waals surface area contributed by atoms with Gasteiger partial charge in [0.2, 0.25) is 0 Å². The average Bonchev–Trinajstić information content (AvgIpc) is 2.19. The zero-order valence-electron chi connectivity index (χ0n) is 7.26. The van der Waals surface area contributed by atoms with Gasteiger partial charge in [0.15, 0.2) is 0 Å². The second kappa shape index (κ2) is 4.19. The molecule has 2 heterocycles. The Morgan fingerprint density at radius 2 is 2.31 bits per heavy atom. The lowest BCUT2D eigenvalue weighted by atomic mass is 10.1. The molecular formula is C10H11IN2. The summed E-state index contributed by atoms with van der Waals surface area (Å²) in [7, 11) is 0. The normalized spacial score (nSPS) is 16.8. The highest BCUT2D eigenvalue weighted by Crippen LogP contribution is 2.17. The van der Waals surface area contributed by atoms with Crippen molar-refractivity contribution in [3.63, 3.8) is 0 Å². The summed E-state index contributed by atoms with van der Waals surface area (Å²) in [6.45, 7) is 2.04. The third-order valence-electron chi connectivity index (χ3n) is 2.11. The summed E-state index contributed by atoms with van der Waals surface area (Å²) in [5, 5.41) is 3.29. The van der Waals surface area contributed by atoms with Crippen molar-refractivity contribution >= 4 is 28.2 Å². The SMILES string of the molecule is Ic1cccc(C2=CCNCC2)n1. The molecule has 0 unspecified atom stereocenters. The van der Waals surface area contributed by atoms with Crippen molar-refractivity contribution in [1.82, 2.24) is 10.3 Å². The smallest absolute Gasteiger partial charge is 0.102 e. The first kappa shape index (κ1) is 9.15. The van der Waals surface area contributed by atoms with Crippen molar-refractivity contribution in [2.75, 3.05) is 13.1 Å². The van der Waals surface area contributed by atoms with Crippen LogP contribution >= 0.6 is 22.6 Å². The number of hydrogen-bond acceptors (Lipinski definition) is 2. The van der Waals surface area contributed by atoms with E-state index in [9.17, 15) is 0 Å². The third kappa shape index (κ3) is 2.28. The van der Waals surface area contributed by atoms with E-state index >= 15 is 0 Å². The fourth-order valence-electron chi connectivity index (χ4n) is 1.44. The summed E-state index contributed by atoms with van der Waals surface area (Å²) in [6, 6.07) is 6.16. The molecule has 0 saturated heterocycles. The quantitative estimate of drug-likeness (QED) is 0.631. The highest BCUT2D eigenvalue weighted by atomic mass is 127. The second-order valence-electron chi connectivity index (χ2n) is 3.03. The number of aromatic nitrogens is 1. The molecule has 3 heteroatoms. The van der Waals surface area contributed by atoms with Gasteiger partial charge in [-0.25, -0.2) is 4.98 Å². The van der Waals surface area contributed by atoms with E-state index in [0.717, 1.165) is 28.9 Å². The third-order valence-corrected chi connectivity index (χ3v) is 2.71. The lowest BCUT2D eigenvalue weighted by molar-refractivity contribution is 0.736. The summed E-state index contributed by atoms with van der Waals surface area (Å²) in [6.07, 6.45) is 3.31. The van der Waals surface area contributed by atoms with Gasteiger partial charge in [-0.05, 0) is 53.3 Å². The van der Waals surface area contributed by atoms with Gasteiger partial charge in [0.1, 0.15) is 3.70 Å². The summed E-state index contributed by atoms with van der Waals surface area (Å²) in [4.78, 5) is 4.49. The van der Waals surface area contributed by atoms with E-state index < -0.39 is 0 Å². The van der Waals surface area contributed by atoms with Crippen LogP contribution in [0, 0.1) is 3.70 Å². The molecule has 1 N–H and O–H groups in total. The maximum absolute atomic E-state index is 4.49. The van der Waals surface area contributed by atoms with Gasteiger partial charge in [-0.2, -0.15) is 0 Å². The number of halogens is 1. The predicted octanol–water partition coefficient (Wildman–Crippen LogP) is 2.06. The Morgan fingerprint density at radius 3 is 3.00 bits per heavy atom. The summed E-state index contributed by atoms with van der Waals surface area (Å²) < 4.78 is 1.06.